The summed E-state index contributed by atoms with van der Waals surface area (Å²) in [5.41, 5.74) is 0.823. The third-order valence-electron chi connectivity index (χ3n) is 3.07. The van der Waals surface area contributed by atoms with Crippen LogP contribution in [0.5, 0.6) is 5.75 Å². The van der Waals surface area contributed by atoms with Gasteiger partial charge in [0.05, 0.1) is 11.4 Å². The van der Waals surface area contributed by atoms with Gasteiger partial charge in [0.25, 0.3) is 0 Å². The second-order valence-corrected chi connectivity index (χ2v) is 6.28. The van der Waals surface area contributed by atoms with E-state index in [-0.39, 0.29) is 0 Å². The first kappa shape index (κ1) is 17.1. The fourth-order valence-electron chi connectivity index (χ4n) is 1.98. The van der Waals surface area contributed by atoms with Gasteiger partial charge in [-0.3, -0.25) is 0 Å². The summed E-state index contributed by atoms with van der Waals surface area (Å²) in [5.74, 6) is 1.79. The minimum atomic E-state index is 0.344. The van der Waals surface area contributed by atoms with Crippen molar-refractivity contribution in [1.29, 1.82) is 0 Å². The maximum Gasteiger partial charge on any atom is 0.246 e. The van der Waals surface area contributed by atoms with Gasteiger partial charge in [-0.15, -0.1) is 11.3 Å². The molecule has 0 unspecified atom stereocenters. The largest absolute Gasteiger partial charge is 0.489 e. The molecule has 0 saturated carbocycles. The molecule has 0 saturated heterocycles. The smallest absolute Gasteiger partial charge is 0.246 e. The molecule has 0 aliphatic heterocycles. The van der Waals surface area contributed by atoms with Crippen LogP contribution >= 0.6 is 23.6 Å². The molecular formula is C17H16N4O2S2. The Morgan fingerprint density at radius 2 is 2.28 bits per heavy atom. The number of aromatic nitrogens is 2. The Morgan fingerprint density at radius 1 is 1.36 bits per heavy atom. The lowest BCUT2D eigenvalue weighted by molar-refractivity contribution is 0.363. The molecule has 2 heterocycles. The average Bonchev–Trinajstić information content (AvgIpc) is 3.29. The van der Waals surface area contributed by atoms with Crippen molar-refractivity contribution in [3.05, 3.63) is 60.3 Å². The lowest BCUT2D eigenvalue weighted by atomic mass is 10.3. The highest BCUT2D eigenvalue weighted by atomic mass is 32.1. The summed E-state index contributed by atoms with van der Waals surface area (Å²) in [6.07, 6.45) is 1.70. The van der Waals surface area contributed by atoms with Crippen LogP contribution in [0, 0.1) is 0 Å². The van der Waals surface area contributed by atoms with Gasteiger partial charge < -0.3 is 19.9 Å². The standard InChI is InChI=1S/C17H16N4O2S2/c1-2-8-22-13-6-3-5-12(10-13)19-17(24)18-11-15-20-16(21-23-15)14-7-4-9-25-14/h2-7,9-10H,1,8,11H2,(H2,18,19,24). The van der Waals surface area contributed by atoms with Crippen LogP contribution in [0.3, 0.4) is 0 Å². The molecule has 0 radical (unpaired) electrons. The molecule has 2 aromatic heterocycles. The van der Waals surface area contributed by atoms with Gasteiger partial charge in [-0.1, -0.05) is 29.9 Å². The summed E-state index contributed by atoms with van der Waals surface area (Å²) < 4.78 is 10.7. The minimum Gasteiger partial charge on any atom is -0.489 e. The molecule has 6 nitrogen and oxygen atoms in total. The van der Waals surface area contributed by atoms with E-state index < -0.39 is 0 Å². The quantitative estimate of drug-likeness (QED) is 0.482. The number of hydrogen-bond donors (Lipinski definition) is 2. The highest BCUT2D eigenvalue weighted by Crippen LogP contribution is 2.21. The van der Waals surface area contributed by atoms with Gasteiger partial charge in [-0.05, 0) is 35.8 Å². The van der Waals surface area contributed by atoms with E-state index in [2.05, 4.69) is 27.4 Å². The van der Waals surface area contributed by atoms with E-state index >= 15 is 0 Å². The highest BCUT2D eigenvalue weighted by molar-refractivity contribution is 7.80. The van der Waals surface area contributed by atoms with E-state index in [1.165, 1.54) is 0 Å². The van der Waals surface area contributed by atoms with Crippen molar-refractivity contribution in [2.45, 2.75) is 6.54 Å². The Hall–Kier alpha value is -2.71. The van der Waals surface area contributed by atoms with Crippen LogP contribution < -0.4 is 15.4 Å². The lowest BCUT2D eigenvalue weighted by Gasteiger charge is -2.10. The Morgan fingerprint density at radius 3 is 3.08 bits per heavy atom. The van der Waals surface area contributed by atoms with Crippen molar-refractivity contribution >= 4 is 34.4 Å². The van der Waals surface area contributed by atoms with E-state index in [0.29, 0.717) is 30.0 Å². The van der Waals surface area contributed by atoms with Crippen molar-refractivity contribution in [2.24, 2.45) is 0 Å². The Labute approximate surface area is 154 Å². The number of hydrogen-bond acceptors (Lipinski definition) is 6. The lowest BCUT2D eigenvalue weighted by Crippen LogP contribution is -2.28. The molecule has 0 bridgehead atoms. The van der Waals surface area contributed by atoms with Gasteiger partial charge in [0.15, 0.2) is 5.11 Å². The number of thiocarbonyl (C=S) groups is 1. The van der Waals surface area contributed by atoms with Gasteiger partial charge in [0.1, 0.15) is 12.4 Å². The number of rotatable bonds is 7. The van der Waals surface area contributed by atoms with E-state index in [9.17, 15) is 0 Å². The zero-order chi connectivity index (χ0) is 17.5. The summed E-state index contributed by atoms with van der Waals surface area (Å²) >= 11 is 6.85. The Bertz CT molecular complexity index is 846. The third-order valence-corrected chi connectivity index (χ3v) is 4.18. The first-order chi connectivity index (χ1) is 12.2. The number of anilines is 1. The normalized spacial score (nSPS) is 10.2. The van der Waals surface area contributed by atoms with Crippen LogP contribution in [-0.4, -0.2) is 21.9 Å². The summed E-state index contributed by atoms with van der Waals surface area (Å²) in [6, 6.07) is 11.4. The Balaban J connectivity index is 1.52. The van der Waals surface area contributed by atoms with Crippen LogP contribution in [0.1, 0.15) is 5.89 Å². The highest BCUT2D eigenvalue weighted by Gasteiger charge is 2.09. The molecule has 8 heteroatoms. The van der Waals surface area contributed by atoms with Gasteiger partial charge in [-0.2, -0.15) is 4.98 Å². The van der Waals surface area contributed by atoms with E-state index in [1.54, 1.807) is 17.4 Å². The molecule has 25 heavy (non-hydrogen) atoms. The predicted molar refractivity (Wildman–Crippen MR) is 103 cm³/mol. The van der Waals surface area contributed by atoms with Crippen molar-refractivity contribution in [2.75, 3.05) is 11.9 Å². The second kappa shape index (κ2) is 8.41. The summed E-state index contributed by atoms with van der Waals surface area (Å²) in [4.78, 5) is 5.30. The average molecular weight is 372 g/mol. The molecule has 3 rings (SSSR count). The zero-order valence-corrected chi connectivity index (χ0v) is 14.9. The molecule has 0 spiro atoms. The van der Waals surface area contributed by atoms with Crippen LogP contribution in [0.2, 0.25) is 0 Å². The molecule has 0 aliphatic rings. The second-order valence-electron chi connectivity index (χ2n) is 4.92. The van der Waals surface area contributed by atoms with Crippen molar-refractivity contribution in [3.63, 3.8) is 0 Å². The van der Waals surface area contributed by atoms with Crippen LogP contribution in [0.15, 0.2) is 59.0 Å². The predicted octanol–water partition coefficient (Wildman–Crippen LogP) is 3.85. The third kappa shape index (κ3) is 4.88. The zero-order valence-electron chi connectivity index (χ0n) is 13.3. The number of benzene rings is 1. The summed E-state index contributed by atoms with van der Waals surface area (Å²) in [7, 11) is 0. The fraction of sp³-hybridized carbons (Fsp3) is 0.118. The molecular weight excluding hydrogens is 356 g/mol. The number of nitrogens with zero attached hydrogens (tertiary/aromatic N) is 2. The number of nitrogens with one attached hydrogen (secondary N) is 2. The van der Waals surface area contributed by atoms with Gasteiger partial charge in [0.2, 0.25) is 11.7 Å². The molecule has 3 aromatic rings. The molecule has 0 aliphatic carbocycles. The van der Waals surface area contributed by atoms with E-state index in [0.717, 1.165) is 16.3 Å². The van der Waals surface area contributed by atoms with Crippen LogP contribution in [0.4, 0.5) is 5.69 Å². The first-order valence-electron chi connectivity index (χ1n) is 7.49. The van der Waals surface area contributed by atoms with Crippen LogP contribution in [-0.2, 0) is 6.54 Å². The van der Waals surface area contributed by atoms with Crippen molar-refractivity contribution in [3.8, 4) is 16.5 Å². The SMILES string of the molecule is C=CCOc1cccc(NC(=S)NCc2nc(-c3cccs3)no2)c1. The molecule has 128 valence electrons. The molecule has 2 N–H and O–H groups in total. The molecule has 1 aromatic carbocycles. The summed E-state index contributed by atoms with van der Waals surface area (Å²) in [6.45, 7) is 4.43. The summed E-state index contributed by atoms with van der Waals surface area (Å²) in [5, 5.41) is 12.5. The molecule has 0 amide bonds. The van der Waals surface area contributed by atoms with Gasteiger partial charge in [0, 0.05) is 11.8 Å². The monoisotopic (exact) mass is 372 g/mol. The minimum absolute atomic E-state index is 0.344. The Kier molecular flexibility index (Phi) is 5.76. The topological polar surface area (TPSA) is 72.2 Å². The maximum atomic E-state index is 5.49. The number of thiophene rings is 1. The molecule has 0 fully saturated rings. The van der Waals surface area contributed by atoms with Crippen LogP contribution in [0.25, 0.3) is 10.7 Å². The van der Waals surface area contributed by atoms with Crippen molar-refractivity contribution < 1.29 is 9.26 Å². The van der Waals surface area contributed by atoms with Gasteiger partial charge in [-0.25, -0.2) is 0 Å². The molecule has 0 atom stereocenters. The fourth-order valence-corrected chi connectivity index (χ4v) is 2.82. The van der Waals surface area contributed by atoms with E-state index in [1.807, 2.05) is 41.8 Å². The van der Waals surface area contributed by atoms with Crippen molar-refractivity contribution in [1.82, 2.24) is 15.5 Å². The van der Waals surface area contributed by atoms with E-state index in [4.69, 9.17) is 21.5 Å². The maximum absolute atomic E-state index is 5.49. The number of ether oxygens (including phenoxy) is 1. The first-order valence-corrected chi connectivity index (χ1v) is 8.78. The van der Waals surface area contributed by atoms with Gasteiger partial charge >= 0.3 is 0 Å².